The molecule has 4 heteroatoms. The number of quaternary nitrogens is 1. The Hall–Kier alpha value is -0.610. The largest absolute Gasteiger partial charge is 0.385 e. The standard InChI is InChI=1S/C19H30ClNO2/c1-13-5-4-6-19(14(13)2)21-11-18(22)12-23-15(3)16-7-9-17(20)10-8-16/h7-10,13-15,18-19,21-22H,4-6,11-12H2,1-3H3/p+1/t13-,14+,15-,18-,19-/m0/s1. The van der Waals surface area contributed by atoms with E-state index in [1.807, 2.05) is 31.2 Å². The molecule has 3 N–H and O–H groups in total. The number of halogens is 1. The minimum Gasteiger partial charge on any atom is -0.385 e. The molecule has 0 saturated heterocycles. The molecule has 1 aliphatic carbocycles. The Morgan fingerprint density at radius 1 is 1.26 bits per heavy atom. The second kappa shape index (κ2) is 9.03. The summed E-state index contributed by atoms with van der Waals surface area (Å²) in [4.78, 5) is 0. The highest BCUT2D eigenvalue weighted by molar-refractivity contribution is 6.30. The van der Waals surface area contributed by atoms with Crippen LogP contribution in [0, 0.1) is 11.8 Å². The molecule has 23 heavy (non-hydrogen) atoms. The summed E-state index contributed by atoms with van der Waals surface area (Å²) >= 11 is 5.90. The number of nitrogens with two attached hydrogens (primary N) is 1. The van der Waals surface area contributed by atoms with Gasteiger partial charge in [-0.05, 0) is 49.8 Å². The summed E-state index contributed by atoms with van der Waals surface area (Å²) < 4.78 is 5.80. The first-order valence-electron chi connectivity index (χ1n) is 8.85. The quantitative estimate of drug-likeness (QED) is 0.800. The third-order valence-corrected chi connectivity index (χ3v) is 5.61. The molecule has 5 atom stereocenters. The summed E-state index contributed by atoms with van der Waals surface area (Å²) in [6, 6.07) is 8.31. The van der Waals surface area contributed by atoms with Crippen LogP contribution in [-0.4, -0.2) is 30.4 Å². The van der Waals surface area contributed by atoms with Crippen molar-refractivity contribution in [2.24, 2.45) is 11.8 Å². The van der Waals surface area contributed by atoms with Gasteiger partial charge in [0.25, 0.3) is 0 Å². The monoisotopic (exact) mass is 340 g/mol. The van der Waals surface area contributed by atoms with Gasteiger partial charge in [-0.25, -0.2) is 0 Å². The maximum absolute atomic E-state index is 10.2. The highest BCUT2D eigenvalue weighted by atomic mass is 35.5. The fourth-order valence-corrected chi connectivity index (χ4v) is 3.57. The fourth-order valence-electron chi connectivity index (χ4n) is 3.44. The van der Waals surface area contributed by atoms with Crippen LogP contribution in [-0.2, 0) is 4.74 Å². The number of aliphatic hydroxyl groups is 1. The van der Waals surface area contributed by atoms with Gasteiger partial charge in [-0.1, -0.05) is 37.6 Å². The minimum absolute atomic E-state index is 0.0319. The van der Waals surface area contributed by atoms with Gasteiger partial charge in [-0.2, -0.15) is 0 Å². The van der Waals surface area contributed by atoms with E-state index < -0.39 is 6.10 Å². The molecule has 1 aromatic carbocycles. The van der Waals surface area contributed by atoms with E-state index in [2.05, 4.69) is 19.2 Å². The average molecular weight is 341 g/mol. The Bertz CT molecular complexity index is 465. The molecule has 0 aliphatic heterocycles. The van der Waals surface area contributed by atoms with E-state index in [0.29, 0.717) is 12.6 Å². The van der Waals surface area contributed by atoms with E-state index in [4.69, 9.17) is 16.3 Å². The number of hydrogen-bond acceptors (Lipinski definition) is 2. The van der Waals surface area contributed by atoms with Gasteiger partial charge in [0.05, 0.1) is 18.8 Å². The van der Waals surface area contributed by atoms with Gasteiger partial charge >= 0.3 is 0 Å². The van der Waals surface area contributed by atoms with Crippen LogP contribution in [0.4, 0.5) is 0 Å². The lowest BCUT2D eigenvalue weighted by molar-refractivity contribution is -0.704. The first kappa shape index (κ1) is 18.7. The van der Waals surface area contributed by atoms with E-state index in [-0.39, 0.29) is 6.10 Å². The highest BCUT2D eigenvalue weighted by Crippen LogP contribution is 2.27. The predicted molar refractivity (Wildman–Crippen MR) is 94.6 cm³/mol. The topological polar surface area (TPSA) is 46.1 Å². The molecular weight excluding hydrogens is 310 g/mol. The van der Waals surface area contributed by atoms with Crippen molar-refractivity contribution in [2.45, 2.75) is 58.3 Å². The van der Waals surface area contributed by atoms with Crippen molar-refractivity contribution >= 4 is 11.6 Å². The third kappa shape index (κ3) is 5.75. The van der Waals surface area contributed by atoms with Gasteiger partial charge in [-0.15, -0.1) is 0 Å². The number of rotatable bonds is 7. The molecule has 0 heterocycles. The van der Waals surface area contributed by atoms with Crippen molar-refractivity contribution in [1.29, 1.82) is 0 Å². The van der Waals surface area contributed by atoms with Crippen LogP contribution in [0.2, 0.25) is 5.02 Å². The van der Waals surface area contributed by atoms with E-state index in [1.54, 1.807) is 0 Å². The van der Waals surface area contributed by atoms with Crippen LogP contribution in [0.5, 0.6) is 0 Å². The normalized spacial score (nSPS) is 27.6. The van der Waals surface area contributed by atoms with E-state index in [9.17, 15) is 5.11 Å². The van der Waals surface area contributed by atoms with Gasteiger partial charge in [0, 0.05) is 10.9 Å². The van der Waals surface area contributed by atoms with Crippen LogP contribution >= 0.6 is 11.6 Å². The van der Waals surface area contributed by atoms with Gasteiger partial charge in [0.2, 0.25) is 0 Å². The first-order chi connectivity index (χ1) is 11.0. The van der Waals surface area contributed by atoms with Gasteiger partial charge < -0.3 is 15.2 Å². The summed E-state index contributed by atoms with van der Waals surface area (Å²) in [7, 11) is 0. The molecule has 2 rings (SSSR count). The fraction of sp³-hybridized carbons (Fsp3) is 0.684. The van der Waals surface area contributed by atoms with Crippen molar-refractivity contribution in [1.82, 2.24) is 0 Å². The van der Waals surface area contributed by atoms with Crippen molar-refractivity contribution in [3.05, 3.63) is 34.9 Å². The zero-order chi connectivity index (χ0) is 16.8. The molecule has 1 aromatic rings. The van der Waals surface area contributed by atoms with Gasteiger partial charge in [-0.3, -0.25) is 0 Å². The molecule has 0 spiro atoms. The molecule has 3 nitrogen and oxygen atoms in total. The van der Waals surface area contributed by atoms with Crippen molar-refractivity contribution < 1.29 is 15.2 Å². The predicted octanol–water partition coefficient (Wildman–Crippen LogP) is 3.17. The SMILES string of the molecule is C[C@H]1[C@@H]([NH2+]C[C@H](O)CO[C@@H](C)c2ccc(Cl)cc2)CCC[C@@H]1C. The molecule has 0 aromatic heterocycles. The lowest BCUT2D eigenvalue weighted by Gasteiger charge is -2.32. The molecular formula is C19H31ClNO2+. The zero-order valence-electron chi connectivity index (χ0n) is 14.5. The Balaban J connectivity index is 1.70. The van der Waals surface area contributed by atoms with E-state index in [0.717, 1.165) is 29.0 Å². The molecule has 0 bridgehead atoms. The molecule has 1 aliphatic rings. The summed E-state index contributed by atoms with van der Waals surface area (Å²) in [5, 5.41) is 13.2. The Labute approximate surface area is 145 Å². The molecule has 0 amide bonds. The Morgan fingerprint density at radius 2 is 1.96 bits per heavy atom. The summed E-state index contributed by atoms with van der Waals surface area (Å²) in [6.45, 7) is 7.78. The lowest BCUT2D eigenvalue weighted by atomic mass is 9.78. The zero-order valence-corrected chi connectivity index (χ0v) is 15.3. The summed E-state index contributed by atoms with van der Waals surface area (Å²) in [5.74, 6) is 1.52. The second-order valence-electron chi connectivity index (χ2n) is 7.08. The third-order valence-electron chi connectivity index (χ3n) is 5.36. The van der Waals surface area contributed by atoms with Gasteiger partial charge in [0.15, 0.2) is 0 Å². The van der Waals surface area contributed by atoms with Crippen LogP contribution < -0.4 is 5.32 Å². The minimum atomic E-state index is -0.422. The number of aliphatic hydroxyl groups excluding tert-OH is 1. The molecule has 1 saturated carbocycles. The van der Waals surface area contributed by atoms with Crippen LogP contribution in [0.3, 0.4) is 0 Å². The summed E-state index contributed by atoms with van der Waals surface area (Å²) in [5.41, 5.74) is 1.08. The molecule has 0 unspecified atom stereocenters. The van der Waals surface area contributed by atoms with Crippen molar-refractivity contribution in [2.75, 3.05) is 13.2 Å². The molecule has 130 valence electrons. The number of benzene rings is 1. The van der Waals surface area contributed by atoms with Crippen molar-refractivity contribution in [3.8, 4) is 0 Å². The van der Waals surface area contributed by atoms with E-state index >= 15 is 0 Å². The second-order valence-corrected chi connectivity index (χ2v) is 7.52. The number of hydrogen-bond donors (Lipinski definition) is 2. The molecule has 1 fully saturated rings. The first-order valence-corrected chi connectivity index (χ1v) is 9.23. The van der Waals surface area contributed by atoms with Crippen LogP contribution in [0.25, 0.3) is 0 Å². The maximum atomic E-state index is 10.2. The lowest BCUT2D eigenvalue weighted by Crippen LogP contribution is -2.93. The maximum Gasteiger partial charge on any atom is 0.126 e. The van der Waals surface area contributed by atoms with Crippen LogP contribution in [0.15, 0.2) is 24.3 Å². The summed E-state index contributed by atoms with van der Waals surface area (Å²) in [6.07, 6.45) is 3.47. The smallest absolute Gasteiger partial charge is 0.126 e. The van der Waals surface area contributed by atoms with Gasteiger partial charge in [0.1, 0.15) is 12.6 Å². The Morgan fingerprint density at radius 3 is 2.65 bits per heavy atom. The average Bonchev–Trinajstić information content (AvgIpc) is 2.54. The highest BCUT2D eigenvalue weighted by Gasteiger charge is 2.30. The van der Waals surface area contributed by atoms with Crippen LogP contribution in [0.1, 0.15) is 51.7 Å². The number of ether oxygens (including phenoxy) is 1. The van der Waals surface area contributed by atoms with E-state index in [1.165, 1.54) is 19.3 Å². The molecule has 0 radical (unpaired) electrons. The van der Waals surface area contributed by atoms with Crippen molar-refractivity contribution in [3.63, 3.8) is 0 Å². The Kier molecular flexibility index (Phi) is 7.35.